The number of hydrogen-bond acceptors (Lipinski definition) is 5. The summed E-state index contributed by atoms with van der Waals surface area (Å²) < 4.78 is 49.3. The molecule has 1 saturated heterocycles. The summed E-state index contributed by atoms with van der Waals surface area (Å²) in [6.07, 6.45) is 0.280. The number of sulfone groups is 1. The van der Waals surface area contributed by atoms with Crippen molar-refractivity contribution in [3.63, 3.8) is 0 Å². The van der Waals surface area contributed by atoms with Crippen LogP contribution in [0, 0.1) is 0 Å². The van der Waals surface area contributed by atoms with Crippen molar-refractivity contribution in [1.29, 1.82) is 0 Å². The summed E-state index contributed by atoms with van der Waals surface area (Å²) in [5, 5.41) is 9.45. The van der Waals surface area contributed by atoms with Crippen molar-refractivity contribution in [3.05, 3.63) is 28.8 Å². The highest BCUT2D eigenvalue weighted by molar-refractivity contribution is 7.91. The Kier molecular flexibility index (Phi) is 4.94. The van der Waals surface area contributed by atoms with Gasteiger partial charge in [0.2, 0.25) is 10.0 Å². The van der Waals surface area contributed by atoms with Crippen LogP contribution in [0.25, 0.3) is 0 Å². The van der Waals surface area contributed by atoms with E-state index in [0.29, 0.717) is 5.56 Å². The van der Waals surface area contributed by atoms with Gasteiger partial charge in [0.15, 0.2) is 9.84 Å². The number of rotatable bonds is 3. The first kappa shape index (κ1) is 16.7. The van der Waals surface area contributed by atoms with Crippen LogP contribution in [0.4, 0.5) is 0 Å². The van der Waals surface area contributed by atoms with E-state index < -0.39 is 19.9 Å². The quantitative estimate of drug-likeness (QED) is 0.861. The van der Waals surface area contributed by atoms with Gasteiger partial charge in [0.1, 0.15) is 0 Å². The fourth-order valence-corrected chi connectivity index (χ4v) is 5.23. The Morgan fingerprint density at radius 2 is 1.95 bits per heavy atom. The summed E-state index contributed by atoms with van der Waals surface area (Å²) in [5.41, 5.74) is 0.320. The first-order valence-electron chi connectivity index (χ1n) is 6.36. The van der Waals surface area contributed by atoms with Crippen molar-refractivity contribution in [2.75, 3.05) is 24.6 Å². The van der Waals surface area contributed by atoms with Crippen molar-refractivity contribution in [2.24, 2.45) is 0 Å². The number of aliphatic hydroxyl groups excluding tert-OH is 1. The minimum atomic E-state index is -3.79. The van der Waals surface area contributed by atoms with Gasteiger partial charge in [0, 0.05) is 18.1 Å². The Bertz CT molecular complexity index is 730. The van der Waals surface area contributed by atoms with Gasteiger partial charge in [-0.3, -0.25) is 0 Å². The lowest BCUT2D eigenvalue weighted by Crippen LogP contribution is -2.33. The van der Waals surface area contributed by atoms with Gasteiger partial charge in [-0.25, -0.2) is 16.8 Å². The van der Waals surface area contributed by atoms with Gasteiger partial charge in [-0.1, -0.05) is 11.6 Å². The third-order valence-electron chi connectivity index (χ3n) is 3.34. The van der Waals surface area contributed by atoms with E-state index in [1.807, 2.05) is 0 Å². The van der Waals surface area contributed by atoms with Gasteiger partial charge in [-0.05, 0) is 30.2 Å². The Morgan fingerprint density at radius 3 is 2.62 bits per heavy atom. The Balaban J connectivity index is 2.33. The smallest absolute Gasteiger partial charge is 0.243 e. The maximum Gasteiger partial charge on any atom is 0.243 e. The van der Waals surface area contributed by atoms with Gasteiger partial charge < -0.3 is 5.11 Å². The maximum absolute atomic E-state index is 12.5. The molecule has 0 atom stereocenters. The second-order valence-corrected chi connectivity index (χ2v) is 9.47. The third-order valence-corrected chi connectivity index (χ3v) is 7.32. The Hall–Kier alpha value is -0.670. The number of benzene rings is 1. The standard InChI is InChI=1S/C12H16ClNO5S2/c13-12-3-2-11(8-10(12)9-15)21(18,19)14-4-1-6-20(16,17)7-5-14/h2-3,8,15H,1,4-7,9H2. The largest absolute Gasteiger partial charge is 0.392 e. The van der Waals surface area contributed by atoms with Crippen LogP contribution >= 0.6 is 11.6 Å². The molecule has 1 aliphatic rings. The van der Waals surface area contributed by atoms with E-state index in [1.165, 1.54) is 22.5 Å². The second kappa shape index (κ2) is 6.21. The first-order valence-corrected chi connectivity index (χ1v) is 10.00. The van der Waals surface area contributed by atoms with Crippen molar-refractivity contribution < 1.29 is 21.9 Å². The summed E-state index contributed by atoms with van der Waals surface area (Å²) in [4.78, 5) is 0.00949. The zero-order valence-corrected chi connectivity index (χ0v) is 13.6. The number of hydrogen-bond donors (Lipinski definition) is 1. The molecular weight excluding hydrogens is 338 g/mol. The molecular formula is C12H16ClNO5S2. The maximum atomic E-state index is 12.5. The average Bonchev–Trinajstić information content (AvgIpc) is 2.60. The van der Waals surface area contributed by atoms with E-state index in [2.05, 4.69) is 0 Å². The highest BCUT2D eigenvalue weighted by Gasteiger charge is 2.29. The Morgan fingerprint density at radius 1 is 1.24 bits per heavy atom. The number of sulfonamides is 1. The molecule has 9 heteroatoms. The van der Waals surface area contributed by atoms with Crippen LogP contribution in [0.15, 0.2) is 23.1 Å². The molecule has 1 N–H and O–H groups in total. The molecule has 1 aromatic carbocycles. The third kappa shape index (κ3) is 3.75. The molecule has 1 fully saturated rings. The van der Waals surface area contributed by atoms with Gasteiger partial charge in [0.05, 0.1) is 23.0 Å². The molecule has 0 radical (unpaired) electrons. The van der Waals surface area contributed by atoms with E-state index >= 15 is 0 Å². The molecule has 1 heterocycles. The van der Waals surface area contributed by atoms with E-state index in [9.17, 15) is 16.8 Å². The molecule has 0 saturated carbocycles. The van der Waals surface area contributed by atoms with Crippen molar-refractivity contribution in [2.45, 2.75) is 17.9 Å². The lowest BCUT2D eigenvalue weighted by atomic mass is 10.2. The van der Waals surface area contributed by atoms with Crippen molar-refractivity contribution in [3.8, 4) is 0 Å². The highest BCUT2D eigenvalue weighted by atomic mass is 35.5. The molecule has 1 aromatic rings. The lowest BCUT2D eigenvalue weighted by Gasteiger charge is -2.19. The monoisotopic (exact) mass is 353 g/mol. The van der Waals surface area contributed by atoms with E-state index in [0.717, 1.165) is 0 Å². The summed E-state index contributed by atoms with van der Waals surface area (Å²) in [7, 11) is -6.97. The SMILES string of the molecule is O=S1(=O)CCCN(S(=O)(=O)c2ccc(Cl)c(CO)c2)CC1. The predicted molar refractivity (Wildman–Crippen MR) is 79.4 cm³/mol. The number of halogens is 1. The lowest BCUT2D eigenvalue weighted by molar-refractivity contribution is 0.281. The van der Waals surface area contributed by atoms with Gasteiger partial charge >= 0.3 is 0 Å². The molecule has 0 amide bonds. The van der Waals surface area contributed by atoms with Gasteiger partial charge in [-0.2, -0.15) is 4.31 Å². The molecule has 0 bridgehead atoms. The highest BCUT2D eigenvalue weighted by Crippen LogP contribution is 2.24. The Labute approximate surface area is 129 Å². The number of nitrogens with zero attached hydrogens (tertiary/aromatic N) is 1. The fraction of sp³-hybridized carbons (Fsp3) is 0.500. The van der Waals surface area contributed by atoms with Crippen molar-refractivity contribution in [1.82, 2.24) is 4.31 Å². The van der Waals surface area contributed by atoms with Crippen LogP contribution in [0.1, 0.15) is 12.0 Å². The fourth-order valence-electron chi connectivity index (χ4n) is 2.14. The molecule has 1 aliphatic heterocycles. The zero-order valence-electron chi connectivity index (χ0n) is 11.2. The predicted octanol–water partition coefficient (Wildman–Crippen LogP) is 0.641. The van der Waals surface area contributed by atoms with Gasteiger partial charge in [-0.15, -0.1) is 0 Å². The molecule has 0 aromatic heterocycles. The normalized spacial score (nSPS) is 20.1. The summed E-state index contributed by atoms with van der Waals surface area (Å²) in [5.74, 6) is -0.172. The molecule has 2 rings (SSSR count). The van der Waals surface area contributed by atoms with Crippen LogP contribution in [0.2, 0.25) is 5.02 Å². The van der Waals surface area contributed by atoms with Crippen LogP contribution in [-0.4, -0.2) is 50.8 Å². The molecule has 0 unspecified atom stereocenters. The van der Waals surface area contributed by atoms with E-state index in [-0.39, 0.29) is 47.5 Å². The minimum absolute atomic E-state index is 0.00152. The second-order valence-electron chi connectivity index (χ2n) is 4.82. The summed E-state index contributed by atoms with van der Waals surface area (Å²) >= 11 is 5.85. The summed E-state index contributed by atoms with van der Waals surface area (Å²) in [6, 6.07) is 4.09. The minimum Gasteiger partial charge on any atom is -0.392 e. The van der Waals surface area contributed by atoms with Crippen LogP contribution in [0.3, 0.4) is 0 Å². The van der Waals surface area contributed by atoms with Crippen LogP contribution < -0.4 is 0 Å². The molecule has 118 valence electrons. The van der Waals surface area contributed by atoms with Gasteiger partial charge in [0.25, 0.3) is 0 Å². The topological polar surface area (TPSA) is 91.8 Å². The summed E-state index contributed by atoms with van der Waals surface area (Å²) in [6.45, 7) is -0.253. The van der Waals surface area contributed by atoms with E-state index in [1.54, 1.807) is 0 Å². The molecule has 6 nitrogen and oxygen atoms in total. The zero-order chi connectivity index (χ0) is 15.7. The van der Waals surface area contributed by atoms with Crippen LogP contribution in [-0.2, 0) is 26.5 Å². The van der Waals surface area contributed by atoms with Crippen molar-refractivity contribution >= 4 is 31.5 Å². The molecule has 21 heavy (non-hydrogen) atoms. The first-order chi connectivity index (χ1) is 9.76. The van der Waals surface area contributed by atoms with Crippen LogP contribution in [0.5, 0.6) is 0 Å². The van der Waals surface area contributed by atoms with E-state index in [4.69, 9.17) is 16.7 Å². The molecule has 0 spiro atoms. The molecule has 0 aliphatic carbocycles. The number of aliphatic hydroxyl groups is 1. The average molecular weight is 354 g/mol.